The van der Waals surface area contributed by atoms with Crippen LogP contribution in [0.5, 0.6) is 0 Å². The molecule has 0 spiro atoms. The maximum atomic E-state index is 13.8. The maximum absolute atomic E-state index is 13.8. The molecule has 0 radical (unpaired) electrons. The molecular formula is C21H31FN4O2. The number of nitrogens with zero attached hydrogens (tertiary/aromatic N) is 2. The molecule has 2 saturated heterocycles. The van der Waals surface area contributed by atoms with Crippen molar-refractivity contribution >= 4 is 11.9 Å². The summed E-state index contributed by atoms with van der Waals surface area (Å²) in [4.78, 5) is 18.1. The number of carbonyl (C=O) groups is 1. The van der Waals surface area contributed by atoms with Gasteiger partial charge in [-0.25, -0.2) is 4.39 Å². The summed E-state index contributed by atoms with van der Waals surface area (Å²) in [7, 11) is 1.75. The monoisotopic (exact) mass is 390 g/mol. The van der Waals surface area contributed by atoms with Gasteiger partial charge in [-0.2, -0.15) is 0 Å². The van der Waals surface area contributed by atoms with Crippen LogP contribution in [-0.4, -0.2) is 62.7 Å². The first-order chi connectivity index (χ1) is 13.6. The lowest BCUT2D eigenvalue weighted by molar-refractivity contribution is -0.129. The summed E-state index contributed by atoms with van der Waals surface area (Å²) in [6.45, 7) is 5.37. The van der Waals surface area contributed by atoms with E-state index in [9.17, 15) is 9.18 Å². The number of carbonyl (C=O) groups excluding carboxylic acids is 1. The van der Waals surface area contributed by atoms with E-state index in [0.29, 0.717) is 32.7 Å². The Hall–Kier alpha value is -2.15. The van der Waals surface area contributed by atoms with Crippen LogP contribution in [-0.2, 0) is 14.9 Å². The van der Waals surface area contributed by atoms with Crippen LogP contribution in [0.15, 0.2) is 29.3 Å². The number of amides is 1. The molecule has 0 aromatic heterocycles. The maximum Gasteiger partial charge on any atom is 0.222 e. The van der Waals surface area contributed by atoms with Gasteiger partial charge in [0, 0.05) is 57.8 Å². The average molecular weight is 391 g/mol. The quantitative estimate of drug-likeness (QED) is 0.597. The van der Waals surface area contributed by atoms with E-state index in [0.717, 1.165) is 37.3 Å². The van der Waals surface area contributed by atoms with Crippen molar-refractivity contribution in [2.75, 3.05) is 39.9 Å². The van der Waals surface area contributed by atoms with Gasteiger partial charge in [0.1, 0.15) is 5.82 Å². The van der Waals surface area contributed by atoms with E-state index < -0.39 is 0 Å². The second kappa shape index (κ2) is 9.37. The molecule has 2 aliphatic heterocycles. The third-order valence-electron chi connectivity index (χ3n) is 5.89. The van der Waals surface area contributed by atoms with Crippen molar-refractivity contribution in [3.8, 4) is 0 Å². The van der Waals surface area contributed by atoms with Gasteiger partial charge in [-0.3, -0.25) is 9.79 Å². The number of guanidine groups is 1. The Labute approximate surface area is 166 Å². The molecule has 3 rings (SSSR count). The van der Waals surface area contributed by atoms with Gasteiger partial charge in [0.2, 0.25) is 5.91 Å². The van der Waals surface area contributed by atoms with Crippen LogP contribution in [0.1, 0.15) is 38.2 Å². The lowest BCUT2D eigenvalue weighted by Gasteiger charge is -2.38. The molecule has 6 nitrogen and oxygen atoms in total. The van der Waals surface area contributed by atoms with Crippen molar-refractivity contribution in [3.63, 3.8) is 0 Å². The molecule has 1 atom stereocenters. The number of hydrogen-bond acceptors (Lipinski definition) is 3. The Morgan fingerprint density at radius 3 is 2.86 bits per heavy atom. The number of ether oxygens (including phenoxy) is 1. The van der Waals surface area contributed by atoms with Crippen LogP contribution in [0, 0.1) is 5.82 Å². The van der Waals surface area contributed by atoms with E-state index in [2.05, 4.69) is 15.6 Å². The molecule has 7 heteroatoms. The van der Waals surface area contributed by atoms with E-state index in [1.54, 1.807) is 19.2 Å². The Kier molecular flexibility index (Phi) is 6.88. The van der Waals surface area contributed by atoms with E-state index in [1.165, 1.54) is 6.07 Å². The molecule has 28 heavy (non-hydrogen) atoms. The highest BCUT2D eigenvalue weighted by molar-refractivity contribution is 5.80. The number of halogens is 1. The van der Waals surface area contributed by atoms with Crippen molar-refractivity contribution in [2.45, 2.75) is 44.1 Å². The fraction of sp³-hybridized carbons (Fsp3) is 0.619. The van der Waals surface area contributed by atoms with Crippen LogP contribution >= 0.6 is 0 Å². The second-order valence-electron chi connectivity index (χ2n) is 7.65. The largest absolute Gasteiger partial charge is 0.381 e. The molecule has 2 N–H and O–H groups in total. The topological polar surface area (TPSA) is 66.0 Å². The highest BCUT2D eigenvalue weighted by atomic mass is 19.1. The van der Waals surface area contributed by atoms with Crippen molar-refractivity contribution in [1.29, 1.82) is 0 Å². The Morgan fingerprint density at radius 2 is 2.18 bits per heavy atom. The van der Waals surface area contributed by atoms with Crippen molar-refractivity contribution in [2.24, 2.45) is 4.99 Å². The first kappa shape index (κ1) is 20.6. The smallest absolute Gasteiger partial charge is 0.222 e. The van der Waals surface area contributed by atoms with Gasteiger partial charge in [-0.1, -0.05) is 19.1 Å². The van der Waals surface area contributed by atoms with Gasteiger partial charge in [0.15, 0.2) is 5.96 Å². The normalized spacial score (nSPS) is 22.2. The Morgan fingerprint density at radius 1 is 1.39 bits per heavy atom. The molecule has 1 amide bonds. The predicted octanol–water partition coefficient (Wildman–Crippen LogP) is 2.05. The summed E-state index contributed by atoms with van der Waals surface area (Å²) in [5.41, 5.74) is 0.817. The molecule has 2 aliphatic rings. The summed E-state index contributed by atoms with van der Waals surface area (Å²) in [6, 6.07) is 7.08. The third kappa shape index (κ3) is 4.82. The summed E-state index contributed by atoms with van der Waals surface area (Å²) in [5, 5.41) is 6.87. The van der Waals surface area contributed by atoms with Crippen LogP contribution < -0.4 is 10.6 Å². The Balaban J connectivity index is 1.63. The molecule has 1 aromatic rings. The SMILES string of the molecule is CCC(=O)N1CCC(NC(=NC)NCC2(c3cccc(F)c3)CCOCC2)C1. The Bertz CT molecular complexity index is 703. The van der Waals surface area contributed by atoms with Gasteiger partial charge in [-0.05, 0) is 37.0 Å². The number of nitrogens with one attached hydrogen (secondary N) is 2. The van der Waals surface area contributed by atoms with E-state index in [1.807, 2.05) is 17.9 Å². The van der Waals surface area contributed by atoms with E-state index >= 15 is 0 Å². The molecule has 0 aliphatic carbocycles. The van der Waals surface area contributed by atoms with Gasteiger partial charge in [-0.15, -0.1) is 0 Å². The van der Waals surface area contributed by atoms with Crippen molar-refractivity contribution in [1.82, 2.24) is 15.5 Å². The molecule has 1 aromatic carbocycles. The van der Waals surface area contributed by atoms with Crippen molar-refractivity contribution in [3.05, 3.63) is 35.6 Å². The predicted molar refractivity (Wildman–Crippen MR) is 108 cm³/mol. The number of likely N-dealkylation sites (tertiary alicyclic amines) is 1. The molecule has 0 bridgehead atoms. The highest BCUT2D eigenvalue weighted by Gasteiger charge is 2.35. The standard InChI is InChI=1S/C21H31FN4O2/c1-3-19(27)26-10-7-18(14-26)25-20(23-2)24-15-21(8-11-28-12-9-21)16-5-4-6-17(22)13-16/h4-6,13,18H,3,7-12,14-15H2,1-2H3,(H2,23,24,25). The molecule has 2 fully saturated rings. The summed E-state index contributed by atoms with van der Waals surface area (Å²) in [5.74, 6) is 0.704. The minimum absolute atomic E-state index is 0.183. The fourth-order valence-corrected chi connectivity index (χ4v) is 4.12. The molecule has 1 unspecified atom stereocenters. The van der Waals surface area contributed by atoms with Crippen LogP contribution in [0.3, 0.4) is 0 Å². The summed E-state index contributed by atoms with van der Waals surface area (Å²) in [6.07, 6.45) is 3.12. The molecular weight excluding hydrogens is 359 g/mol. The first-order valence-corrected chi connectivity index (χ1v) is 10.1. The number of hydrogen-bond donors (Lipinski definition) is 2. The van der Waals surface area contributed by atoms with Crippen LogP contribution in [0.2, 0.25) is 0 Å². The summed E-state index contributed by atoms with van der Waals surface area (Å²) >= 11 is 0. The molecule has 0 saturated carbocycles. The average Bonchev–Trinajstić information content (AvgIpc) is 3.19. The minimum atomic E-state index is -0.211. The van der Waals surface area contributed by atoms with Crippen LogP contribution in [0.25, 0.3) is 0 Å². The highest BCUT2D eigenvalue weighted by Crippen LogP contribution is 2.34. The fourth-order valence-electron chi connectivity index (χ4n) is 4.12. The van der Waals surface area contributed by atoms with Gasteiger partial charge in [0.25, 0.3) is 0 Å². The summed E-state index contributed by atoms with van der Waals surface area (Å²) < 4.78 is 19.4. The van der Waals surface area contributed by atoms with Gasteiger partial charge >= 0.3 is 0 Å². The zero-order valence-corrected chi connectivity index (χ0v) is 16.8. The second-order valence-corrected chi connectivity index (χ2v) is 7.65. The zero-order chi connectivity index (χ0) is 20.0. The van der Waals surface area contributed by atoms with Crippen LogP contribution in [0.4, 0.5) is 4.39 Å². The third-order valence-corrected chi connectivity index (χ3v) is 5.89. The molecule has 154 valence electrons. The van der Waals surface area contributed by atoms with E-state index in [-0.39, 0.29) is 23.2 Å². The van der Waals surface area contributed by atoms with Gasteiger partial charge in [0.05, 0.1) is 0 Å². The van der Waals surface area contributed by atoms with E-state index in [4.69, 9.17) is 4.74 Å². The number of aliphatic imine (C=N–C) groups is 1. The molecule has 2 heterocycles. The van der Waals surface area contributed by atoms with Crippen molar-refractivity contribution < 1.29 is 13.9 Å². The van der Waals surface area contributed by atoms with Gasteiger partial charge < -0.3 is 20.3 Å². The lowest BCUT2D eigenvalue weighted by atomic mass is 9.74. The lowest BCUT2D eigenvalue weighted by Crippen LogP contribution is -2.50. The zero-order valence-electron chi connectivity index (χ0n) is 16.8. The number of rotatable bonds is 5. The minimum Gasteiger partial charge on any atom is -0.381 e. The first-order valence-electron chi connectivity index (χ1n) is 10.1. The number of benzene rings is 1.